The first-order valence-electron chi connectivity index (χ1n) is 17.6. The maximum Gasteiger partial charge on any atom is 0.315 e. The minimum Gasteiger partial charge on any atom is -0.432 e. The van der Waals surface area contributed by atoms with Gasteiger partial charge < -0.3 is 45.2 Å². The van der Waals surface area contributed by atoms with Gasteiger partial charge in [-0.3, -0.25) is 4.79 Å². The number of carbonyl (C=O) groups excluding carboxylic acids is 1. The van der Waals surface area contributed by atoms with Crippen LogP contribution >= 0.6 is 0 Å². The molecule has 4 unspecified atom stereocenters. The number of rotatable bonds is 4. The van der Waals surface area contributed by atoms with Crippen LogP contribution in [0.5, 0.6) is 0 Å². The largest absolute Gasteiger partial charge is 0.432 e. The van der Waals surface area contributed by atoms with E-state index in [4.69, 9.17) is 9.47 Å². The zero-order valence-corrected chi connectivity index (χ0v) is 28.5. The molecule has 0 bridgehead atoms. The van der Waals surface area contributed by atoms with Crippen LogP contribution in [0.25, 0.3) is 0 Å². The molecule has 262 valence electrons. The molecule has 0 aromatic carbocycles. The molecule has 7 N–H and O–H groups in total. The Morgan fingerprint density at radius 2 is 1.59 bits per heavy atom. The van der Waals surface area contributed by atoms with Crippen molar-refractivity contribution in [2.45, 2.75) is 142 Å². The molecule has 0 spiro atoms. The number of ether oxygens (including phenoxy) is 2. The van der Waals surface area contributed by atoms with E-state index in [1.807, 2.05) is 20.8 Å². The Kier molecular flexibility index (Phi) is 8.46. The number of allylic oxidation sites excluding steroid dienone is 1. The molecule has 1 heterocycles. The van der Waals surface area contributed by atoms with Crippen molar-refractivity contribution >= 4 is 5.97 Å². The Balaban J connectivity index is 1.39. The Morgan fingerprint density at radius 3 is 2.24 bits per heavy atom. The minimum atomic E-state index is -1.70. The molecule has 0 radical (unpaired) electrons. The monoisotopic (exact) mass is 650 g/mol. The second kappa shape index (κ2) is 11.2. The van der Waals surface area contributed by atoms with E-state index in [0.29, 0.717) is 38.0 Å². The van der Waals surface area contributed by atoms with Crippen molar-refractivity contribution in [2.24, 2.45) is 50.7 Å². The number of hydrogen-bond acceptors (Lipinski definition) is 10. The molecule has 0 aromatic rings. The molecule has 0 amide bonds. The third-order valence-electron chi connectivity index (χ3n) is 15.7. The van der Waals surface area contributed by atoms with E-state index >= 15 is 0 Å². The number of hydrogen-bond donors (Lipinski definition) is 7. The molecule has 5 aliphatic carbocycles. The molecule has 16 atom stereocenters. The van der Waals surface area contributed by atoms with Crippen LogP contribution in [0, 0.1) is 50.7 Å². The van der Waals surface area contributed by atoms with Crippen LogP contribution in [-0.4, -0.2) is 97.3 Å². The summed E-state index contributed by atoms with van der Waals surface area (Å²) in [6, 6.07) is 0. The maximum absolute atomic E-state index is 14.5. The van der Waals surface area contributed by atoms with E-state index in [1.54, 1.807) is 0 Å². The van der Waals surface area contributed by atoms with Gasteiger partial charge in [-0.05, 0) is 98.7 Å². The molecule has 6 aliphatic rings. The van der Waals surface area contributed by atoms with Gasteiger partial charge in [0.2, 0.25) is 6.29 Å². The lowest BCUT2D eigenvalue weighted by molar-refractivity contribution is -0.299. The van der Waals surface area contributed by atoms with E-state index in [9.17, 15) is 40.5 Å². The molecule has 4 saturated carbocycles. The van der Waals surface area contributed by atoms with Gasteiger partial charge in [-0.15, -0.1) is 0 Å². The molecule has 46 heavy (non-hydrogen) atoms. The van der Waals surface area contributed by atoms with Crippen molar-refractivity contribution in [3.63, 3.8) is 0 Å². The fourth-order valence-electron chi connectivity index (χ4n) is 12.3. The van der Waals surface area contributed by atoms with Gasteiger partial charge in [0, 0.05) is 11.3 Å². The molecule has 0 aromatic heterocycles. The molecule has 6 rings (SSSR count). The summed E-state index contributed by atoms with van der Waals surface area (Å²) < 4.78 is 11.5. The maximum atomic E-state index is 14.5. The van der Waals surface area contributed by atoms with E-state index in [1.165, 1.54) is 0 Å². The van der Waals surface area contributed by atoms with E-state index in [2.05, 4.69) is 26.8 Å². The smallest absolute Gasteiger partial charge is 0.315 e. The van der Waals surface area contributed by atoms with E-state index < -0.39 is 71.7 Å². The van der Waals surface area contributed by atoms with Crippen molar-refractivity contribution in [2.75, 3.05) is 13.2 Å². The molecule has 1 aliphatic heterocycles. The molecular formula is C36H58O10. The summed E-state index contributed by atoms with van der Waals surface area (Å²) in [5, 5.41) is 75.0. The Hall–Kier alpha value is -1.11. The van der Waals surface area contributed by atoms with Crippen LogP contribution in [-0.2, 0) is 14.3 Å². The van der Waals surface area contributed by atoms with Crippen LogP contribution in [0.3, 0.4) is 0 Å². The molecule has 5 fully saturated rings. The fraction of sp³-hybridized carbons (Fsp3) is 0.917. The Morgan fingerprint density at radius 1 is 0.891 bits per heavy atom. The number of carbonyl (C=O) groups is 1. The standard InChI is InChI=1S/C36H58O10/c1-19-9-14-36(30(43)46-29-27(42)26(41)25(40)21(17-37)45-29)16-15-33(4)20(28(36)35(19,6)44)7-8-23-31(2)12-11-24(39)32(3,18-38)22(31)10-13-34(23,33)5/h7,19,21-29,37-42,44H,8-18H2,1-6H3/t19-,21-,22?,23?,24+,25-,26+,27-,28?,29+,31+,32+,33-,34-,35-,36?/m1/s1. The molecular weight excluding hydrogens is 592 g/mol. The molecule has 10 nitrogen and oxygen atoms in total. The third kappa shape index (κ3) is 4.39. The van der Waals surface area contributed by atoms with Crippen molar-refractivity contribution < 1.29 is 50.0 Å². The van der Waals surface area contributed by atoms with Crippen LogP contribution in [0.15, 0.2) is 11.6 Å². The second-order valence-corrected chi connectivity index (χ2v) is 17.4. The van der Waals surface area contributed by atoms with Gasteiger partial charge in [-0.25, -0.2) is 0 Å². The van der Waals surface area contributed by atoms with Crippen LogP contribution in [0.1, 0.15) is 99.3 Å². The molecule has 1 saturated heterocycles. The normalized spacial score (nSPS) is 56.8. The average molecular weight is 651 g/mol. The number of aliphatic hydroxyl groups excluding tert-OH is 6. The van der Waals surface area contributed by atoms with Crippen molar-refractivity contribution in [3.8, 4) is 0 Å². The van der Waals surface area contributed by atoms with Crippen molar-refractivity contribution in [3.05, 3.63) is 11.6 Å². The first-order valence-corrected chi connectivity index (χ1v) is 17.6. The predicted molar refractivity (Wildman–Crippen MR) is 168 cm³/mol. The summed E-state index contributed by atoms with van der Waals surface area (Å²) in [5.41, 5.74) is -2.34. The quantitative estimate of drug-likeness (QED) is 0.177. The zero-order valence-electron chi connectivity index (χ0n) is 28.5. The Labute approximate surface area is 273 Å². The SMILES string of the molecule is C[C@@H]1CCC2(C(=O)O[C@@H]3O[C@H](CO)[C@@H](O)[C@H](O)[C@H]3O)CC[C@]3(C)C(=CCC4[C@@]5(C)CC[C@H](O)[C@@](C)(CO)C5CC[C@]43C)C2[C@]1(C)O. The lowest BCUT2D eigenvalue weighted by Crippen LogP contribution is -2.68. The first kappa shape index (κ1) is 34.7. The summed E-state index contributed by atoms with van der Waals surface area (Å²) in [6.45, 7) is 12.3. The summed E-state index contributed by atoms with van der Waals surface area (Å²) >= 11 is 0. The highest BCUT2D eigenvalue weighted by atomic mass is 16.7. The third-order valence-corrected chi connectivity index (χ3v) is 15.7. The van der Waals surface area contributed by atoms with Gasteiger partial charge in [0.15, 0.2) is 0 Å². The second-order valence-electron chi connectivity index (χ2n) is 17.4. The van der Waals surface area contributed by atoms with Gasteiger partial charge in [0.05, 0.1) is 30.3 Å². The summed E-state index contributed by atoms with van der Waals surface area (Å²) in [6.07, 6.45) is 0.492. The number of esters is 1. The van der Waals surface area contributed by atoms with Crippen molar-refractivity contribution in [1.29, 1.82) is 0 Å². The van der Waals surface area contributed by atoms with Gasteiger partial charge in [-0.1, -0.05) is 46.3 Å². The van der Waals surface area contributed by atoms with Gasteiger partial charge in [0.25, 0.3) is 0 Å². The summed E-state index contributed by atoms with van der Waals surface area (Å²) in [7, 11) is 0. The molecule has 10 heteroatoms. The van der Waals surface area contributed by atoms with Crippen molar-refractivity contribution in [1.82, 2.24) is 0 Å². The number of fused-ring (bicyclic) bond motifs is 7. The summed E-state index contributed by atoms with van der Waals surface area (Å²) in [4.78, 5) is 14.5. The highest BCUT2D eigenvalue weighted by Gasteiger charge is 2.72. The average Bonchev–Trinajstić information content (AvgIpc) is 3.01. The van der Waals surface area contributed by atoms with Crippen LogP contribution in [0.4, 0.5) is 0 Å². The summed E-state index contributed by atoms with van der Waals surface area (Å²) in [5.74, 6) is -0.749. The van der Waals surface area contributed by atoms with Crippen LogP contribution < -0.4 is 0 Å². The zero-order chi connectivity index (χ0) is 33.8. The Bertz CT molecular complexity index is 1240. The minimum absolute atomic E-state index is 0.0435. The van der Waals surface area contributed by atoms with Gasteiger partial charge >= 0.3 is 5.97 Å². The predicted octanol–water partition coefficient (Wildman–Crippen LogP) is 2.44. The fourth-order valence-corrected chi connectivity index (χ4v) is 12.3. The van der Waals surface area contributed by atoms with E-state index in [-0.39, 0.29) is 34.7 Å². The lowest BCUT2D eigenvalue weighted by Gasteiger charge is -2.72. The van der Waals surface area contributed by atoms with Gasteiger partial charge in [-0.2, -0.15) is 0 Å². The first-order chi connectivity index (χ1) is 21.4. The van der Waals surface area contributed by atoms with Gasteiger partial charge in [0.1, 0.15) is 24.4 Å². The highest BCUT2D eigenvalue weighted by Crippen LogP contribution is 2.76. The lowest BCUT2D eigenvalue weighted by atomic mass is 9.33. The topological polar surface area (TPSA) is 177 Å². The van der Waals surface area contributed by atoms with Crippen LogP contribution in [0.2, 0.25) is 0 Å². The highest BCUT2D eigenvalue weighted by molar-refractivity contribution is 5.79. The number of aliphatic hydroxyl groups is 7. The van der Waals surface area contributed by atoms with E-state index in [0.717, 1.165) is 31.3 Å².